The molecule has 1 aromatic rings. The summed E-state index contributed by atoms with van der Waals surface area (Å²) in [5.74, 6) is 0.665. The van der Waals surface area contributed by atoms with Crippen LogP contribution in [0.4, 0.5) is 0 Å². The van der Waals surface area contributed by atoms with Crippen LogP contribution in [0.3, 0.4) is 0 Å². The van der Waals surface area contributed by atoms with E-state index in [0.717, 1.165) is 45.3 Å². The normalized spacial score (nSPS) is 23.7. The van der Waals surface area contributed by atoms with Crippen LogP contribution in [0.1, 0.15) is 31.2 Å². The molecule has 106 valence electrons. The van der Waals surface area contributed by atoms with Crippen molar-refractivity contribution < 1.29 is 10.2 Å². The molecule has 2 rings (SSSR count). The van der Waals surface area contributed by atoms with Crippen molar-refractivity contribution in [1.82, 2.24) is 4.90 Å². The highest BCUT2D eigenvalue weighted by Gasteiger charge is 2.21. The zero-order valence-electron chi connectivity index (χ0n) is 11.5. The maximum absolute atomic E-state index is 9.55. The minimum Gasteiger partial charge on any atom is -0.395 e. The maximum atomic E-state index is 9.55. The molecule has 1 saturated carbocycles. The fraction of sp³-hybridized carbons (Fsp3) is 0.625. The first-order chi connectivity index (χ1) is 9.28. The average Bonchev–Trinajstić information content (AvgIpc) is 2.43. The van der Waals surface area contributed by atoms with E-state index in [1.807, 2.05) is 6.07 Å². The second-order valence-corrected chi connectivity index (χ2v) is 5.62. The lowest BCUT2D eigenvalue weighted by atomic mass is 9.87. The molecule has 0 radical (unpaired) electrons. The summed E-state index contributed by atoms with van der Waals surface area (Å²) in [5, 5.41) is 18.8. The van der Waals surface area contributed by atoms with Crippen LogP contribution in [0.5, 0.6) is 0 Å². The van der Waals surface area contributed by atoms with Gasteiger partial charge < -0.3 is 10.2 Å². The van der Waals surface area contributed by atoms with Gasteiger partial charge in [-0.1, -0.05) is 30.3 Å². The highest BCUT2D eigenvalue weighted by molar-refractivity contribution is 5.14. The predicted octanol–water partition coefficient (Wildman–Crippen LogP) is 2.03. The molecule has 1 fully saturated rings. The summed E-state index contributed by atoms with van der Waals surface area (Å²) in [6.07, 6.45) is 4.00. The Balaban J connectivity index is 1.85. The molecule has 1 aromatic carbocycles. The summed E-state index contributed by atoms with van der Waals surface area (Å²) in [6, 6.07) is 10.4. The molecule has 0 spiro atoms. The zero-order chi connectivity index (χ0) is 13.5. The van der Waals surface area contributed by atoms with Crippen molar-refractivity contribution in [2.75, 3.05) is 19.7 Å². The van der Waals surface area contributed by atoms with Crippen LogP contribution >= 0.6 is 0 Å². The summed E-state index contributed by atoms with van der Waals surface area (Å²) in [4.78, 5) is 2.33. The largest absolute Gasteiger partial charge is 0.395 e. The van der Waals surface area contributed by atoms with Gasteiger partial charge in [0.05, 0.1) is 12.7 Å². The highest BCUT2D eigenvalue weighted by Crippen LogP contribution is 2.25. The van der Waals surface area contributed by atoms with Gasteiger partial charge in [-0.15, -0.1) is 0 Å². The van der Waals surface area contributed by atoms with Crippen LogP contribution in [0.2, 0.25) is 0 Å². The van der Waals surface area contributed by atoms with Crippen LogP contribution in [0, 0.1) is 5.92 Å². The standard InChI is InChI=1S/C16H25NO2/c18-11-10-17(12-14-4-2-1-3-5-14)13-15-6-8-16(19)9-7-15/h1-5,15-16,18-19H,6-13H2. The molecule has 1 aliphatic carbocycles. The van der Waals surface area contributed by atoms with E-state index in [-0.39, 0.29) is 12.7 Å². The average molecular weight is 263 g/mol. The minimum atomic E-state index is -0.0864. The molecule has 2 N–H and O–H groups in total. The van der Waals surface area contributed by atoms with E-state index in [9.17, 15) is 10.2 Å². The second kappa shape index (κ2) is 7.63. The Morgan fingerprint density at radius 1 is 1.05 bits per heavy atom. The monoisotopic (exact) mass is 263 g/mol. The van der Waals surface area contributed by atoms with Crippen LogP contribution in [0.15, 0.2) is 30.3 Å². The minimum absolute atomic E-state index is 0.0864. The second-order valence-electron chi connectivity index (χ2n) is 5.62. The lowest BCUT2D eigenvalue weighted by Crippen LogP contribution is -2.34. The fourth-order valence-electron chi connectivity index (χ4n) is 2.91. The van der Waals surface area contributed by atoms with Crippen molar-refractivity contribution >= 4 is 0 Å². The van der Waals surface area contributed by atoms with Crippen molar-refractivity contribution in [3.8, 4) is 0 Å². The predicted molar refractivity (Wildman–Crippen MR) is 76.8 cm³/mol. The molecule has 19 heavy (non-hydrogen) atoms. The van der Waals surface area contributed by atoms with E-state index in [1.54, 1.807) is 0 Å². The Bertz CT molecular complexity index is 347. The Labute approximate surface area is 115 Å². The molecule has 0 aromatic heterocycles. The summed E-state index contributed by atoms with van der Waals surface area (Å²) in [7, 11) is 0. The summed E-state index contributed by atoms with van der Waals surface area (Å²) in [6.45, 7) is 2.87. The molecule has 0 atom stereocenters. The van der Waals surface area contributed by atoms with Gasteiger partial charge in [0.25, 0.3) is 0 Å². The third-order valence-electron chi connectivity index (χ3n) is 4.00. The van der Waals surface area contributed by atoms with Gasteiger partial charge in [-0.3, -0.25) is 4.90 Å². The smallest absolute Gasteiger partial charge is 0.0558 e. The Hall–Kier alpha value is -0.900. The topological polar surface area (TPSA) is 43.7 Å². The summed E-state index contributed by atoms with van der Waals surface area (Å²) in [5.41, 5.74) is 1.30. The quantitative estimate of drug-likeness (QED) is 0.825. The molecule has 0 saturated heterocycles. The molecular weight excluding hydrogens is 238 g/mol. The van der Waals surface area contributed by atoms with Gasteiger partial charge in [-0.25, -0.2) is 0 Å². The Kier molecular flexibility index (Phi) is 5.83. The third kappa shape index (κ3) is 4.94. The molecule has 0 bridgehead atoms. The summed E-state index contributed by atoms with van der Waals surface area (Å²) < 4.78 is 0. The van der Waals surface area contributed by atoms with Gasteiger partial charge in [0, 0.05) is 19.6 Å². The number of rotatable bonds is 6. The van der Waals surface area contributed by atoms with Gasteiger partial charge >= 0.3 is 0 Å². The van der Waals surface area contributed by atoms with Crippen LogP contribution < -0.4 is 0 Å². The highest BCUT2D eigenvalue weighted by atomic mass is 16.3. The van der Waals surface area contributed by atoms with E-state index in [4.69, 9.17) is 0 Å². The Morgan fingerprint density at radius 2 is 1.74 bits per heavy atom. The number of benzene rings is 1. The summed E-state index contributed by atoms with van der Waals surface area (Å²) >= 11 is 0. The zero-order valence-corrected chi connectivity index (χ0v) is 11.5. The molecule has 0 unspecified atom stereocenters. The molecule has 0 heterocycles. The number of hydrogen-bond acceptors (Lipinski definition) is 3. The van der Waals surface area contributed by atoms with E-state index < -0.39 is 0 Å². The Morgan fingerprint density at radius 3 is 2.37 bits per heavy atom. The van der Waals surface area contributed by atoms with Gasteiger partial charge in [-0.2, -0.15) is 0 Å². The van der Waals surface area contributed by atoms with E-state index in [1.165, 1.54) is 5.56 Å². The molecular formula is C16H25NO2. The molecule has 0 aliphatic heterocycles. The number of aliphatic hydroxyl groups excluding tert-OH is 2. The lowest BCUT2D eigenvalue weighted by Gasteiger charge is -2.31. The van der Waals surface area contributed by atoms with Gasteiger partial charge in [0.2, 0.25) is 0 Å². The first-order valence-corrected chi connectivity index (χ1v) is 7.33. The third-order valence-corrected chi connectivity index (χ3v) is 4.00. The molecule has 1 aliphatic rings. The van der Waals surface area contributed by atoms with Gasteiger partial charge in [0.1, 0.15) is 0 Å². The fourth-order valence-corrected chi connectivity index (χ4v) is 2.91. The van der Waals surface area contributed by atoms with Crippen LogP contribution in [0.25, 0.3) is 0 Å². The SMILES string of the molecule is OCCN(Cc1ccccc1)CC1CCC(O)CC1. The van der Waals surface area contributed by atoms with Crippen LogP contribution in [-0.2, 0) is 6.54 Å². The van der Waals surface area contributed by atoms with Crippen molar-refractivity contribution in [1.29, 1.82) is 0 Å². The molecule has 0 amide bonds. The number of nitrogens with zero attached hydrogens (tertiary/aromatic N) is 1. The lowest BCUT2D eigenvalue weighted by molar-refractivity contribution is 0.0875. The molecule has 3 nitrogen and oxygen atoms in total. The first kappa shape index (κ1) is 14.5. The first-order valence-electron chi connectivity index (χ1n) is 7.33. The maximum Gasteiger partial charge on any atom is 0.0558 e. The number of aliphatic hydroxyl groups is 2. The van der Waals surface area contributed by atoms with E-state index >= 15 is 0 Å². The van der Waals surface area contributed by atoms with E-state index in [2.05, 4.69) is 29.2 Å². The van der Waals surface area contributed by atoms with Crippen molar-refractivity contribution in [2.45, 2.75) is 38.3 Å². The van der Waals surface area contributed by atoms with Crippen molar-refractivity contribution in [2.24, 2.45) is 5.92 Å². The van der Waals surface area contributed by atoms with Gasteiger partial charge in [0.15, 0.2) is 0 Å². The van der Waals surface area contributed by atoms with Crippen molar-refractivity contribution in [3.63, 3.8) is 0 Å². The van der Waals surface area contributed by atoms with Gasteiger partial charge in [-0.05, 0) is 37.2 Å². The van der Waals surface area contributed by atoms with Crippen LogP contribution in [-0.4, -0.2) is 40.9 Å². The van der Waals surface area contributed by atoms with Crippen molar-refractivity contribution in [3.05, 3.63) is 35.9 Å². The molecule has 3 heteroatoms. The number of hydrogen-bond donors (Lipinski definition) is 2. The van der Waals surface area contributed by atoms with E-state index in [0.29, 0.717) is 5.92 Å².